The summed E-state index contributed by atoms with van der Waals surface area (Å²) in [6.07, 6.45) is 6.58. The molecule has 0 bridgehead atoms. The molecule has 3 rings (SSSR count). The molecule has 1 saturated carbocycles. The number of hydrogen-bond acceptors (Lipinski definition) is 3. The average Bonchev–Trinajstić information content (AvgIpc) is 2.62. The van der Waals surface area contributed by atoms with Crippen molar-refractivity contribution in [2.24, 2.45) is 5.41 Å². The summed E-state index contributed by atoms with van der Waals surface area (Å²) in [4.78, 5) is 5.20. The molecule has 1 heterocycles. The molecule has 0 aromatic heterocycles. The van der Waals surface area contributed by atoms with Gasteiger partial charge in [-0.15, -0.1) is 12.4 Å². The van der Waals surface area contributed by atoms with Crippen LogP contribution in [-0.4, -0.2) is 44.7 Å². The van der Waals surface area contributed by atoms with Gasteiger partial charge in [0.15, 0.2) is 0 Å². The number of anilines is 1. The Hall–Kier alpha value is -0.930. The smallest absolute Gasteiger partial charge is 0.120 e. The maximum absolute atomic E-state index is 5.54. The first-order chi connectivity index (χ1) is 12.0. The minimum atomic E-state index is 0. The summed E-state index contributed by atoms with van der Waals surface area (Å²) < 4.78 is 5.54. The molecule has 1 aromatic carbocycles. The molecule has 0 spiro atoms. The Bertz CT molecular complexity index is 557. The van der Waals surface area contributed by atoms with Crippen LogP contribution in [0.2, 0.25) is 0 Å². The van der Waals surface area contributed by atoms with E-state index in [0.717, 1.165) is 18.8 Å². The Morgan fingerprint density at radius 3 is 2.31 bits per heavy atom. The molecule has 3 nitrogen and oxygen atoms in total. The number of benzene rings is 1. The summed E-state index contributed by atoms with van der Waals surface area (Å²) in [5.41, 5.74) is 3.51. The van der Waals surface area contributed by atoms with Gasteiger partial charge in [-0.2, -0.15) is 0 Å². The number of ether oxygens (including phenoxy) is 1. The predicted octanol–water partition coefficient (Wildman–Crippen LogP) is 5.33. The van der Waals surface area contributed by atoms with Gasteiger partial charge >= 0.3 is 0 Å². The monoisotopic (exact) mass is 380 g/mol. The molecule has 4 heteroatoms. The van der Waals surface area contributed by atoms with Crippen LogP contribution in [0.25, 0.3) is 0 Å². The highest BCUT2D eigenvalue weighted by Crippen LogP contribution is 2.45. The molecule has 1 saturated heterocycles. The average molecular weight is 381 g/mol. The molecular weight excluding hydrogens is 344 g/mol. The molecule has 1 aliphatic carbocycles. The van der Waals surface area contributed by atoms with Gasteiger partial charge in [0.25, 0.3) is 0 Å². The van der Waals surface area contributed by atoms with Gasteiger partial charge in [0, 0.05) is 37.9 Å². The standard InChI is InChI=1S/C22H36N2O.ClH/c1-5-12-23-13-15-24(16-14-23)21-17-19(25-4)6-7-20(21)18-8-10-22(2,3)11-9-18;/h6-7,17-18H,5,8-16H2,1-4H3;1H. The van der Waals surface area contributed by atoms with Crippen LogP contribution in [0.4, 0.5) is 5.69 Å². The van der Waals surface area contributed by atoms with E-state index in [2.05, 4.69) is 48.8 Å². The Labute approximate surface area is 166 Å². The second-order valence-electron chi connectivity index (χ2n) is 8.69. The van der Waals surface area contributed by atoms with Gasteiger partial charge in [0.1, 0.15) is 5.75 Å². The van der Waals surface area contributed by atoms with E-state index in [4.69, 9.17) is 4.74 Å². The third kappa shape index (κ3) is 5.07. The lowest BCUT2D eigenvalue weighted by molar-refractivity contribution is 0.224. The summed E-state index contributed by atoms with van der Waals surface area (Å²) in [6.45, 7) is 13.0. The fourth-order valence-electron chi connectivity index (χ4n) is 4.51. The Kier molecular flexibility index (Phi) is 7.66. The van der Waals surface area contributed by atoms with Crippen LogP contribution in [0.15, 0.2) is 18.2 Å². The van der Waals surface area contributed by atoms with Gasteiger partial charge < -0.3 is 9.64 Å². The molecule has 26 heavy (non-hydrogen) atoms. The Balaban J connectivity index is 0.00000243. The van der Waals surface area contributed by atoms with Crippen molar-refractivity contribution in [2.45, 2.75) is 58.8 Å². The van der Waals surface area contributed by atoms with Crippen molar-refractivity contribution < 1.29 is 4.74 Å². The van der Waals surface area contributed by atoms with Crippen LogP contribution in [0.1, 0.15) is 64.4 Å². The highest BCUT2D eigenvalue weighted by molar-refractivity contribution is 5.85. The van der Waals surface area contributed by atoms with Crippen molar-refractivity contribution in [3.8, 4) is 5.75 Å². The van der Waals surface area contributed by atoms with Gasteiger partial charge in [-0.05, 0) is 61.6 Å². The largest absolute Gasteiger partial charge is 0.497 e. The van der Waals surface area contributed by atoms with Crippen molar-refractivity contribution in [1.82, 2.24) is 4.90 Å². The number of halogens is 1. The zero-order chi connectivity index (χ0) is 17.9. The number of nitrogens with zero attached hydrogens (tertiary/aromatic N) is 2. The fraction of sp³-hybridized carbons (Fsp3) is 0.727. The second kappa shape index (κ2) is 9.32. The number of rotatable bonds is 5. The lowest BCUT2D eigenvalue weighted by Crippen LogP contribution is -2.47. The topological polar surface area (TPSA) is 15.7 Å². The zero-order valence-corrected chi connectivity index (χ0v) is 17.9. The zero-order valence-electron chi connectivity index (χ0n) is 17.1. The highest BCUT2D eigenvalue weighted by Gasteiger charge is 2.30. The number of methoxy groups -OCH3 is 1. The molecule has 0 radical (unpaired) electrons. The number of piperazine rings is 1. The Morgan fingerprint density at radius 2 is 1.73 bits per heavy atom. The molecule has 0 amide bonds. The first-order valence-corrected chi connectivity index (χ1v) is 10.2. The summed E-state index contributed by atoms with van der Waals surface area (Å²) in [6, 6.07) is 6.78. The quantitative estimate of drug-likeness (QED) is 0.686. The van der Waals surface area contributed by atoms with Crippen molar-refractivity contribution >= 4 is 18.1 Å². The fourth-order valence-corrected chi connectivity index (χ4v) is 4.51. The van der Waals surface area contributed by atoms with Gasteiger partial charge in [-0.1, -0.05) is 26.8 Å². The second-order valence-corrected chi connectivity index (χ2v) is 8.69. The van der Waals surface area contributed by atoms with Crippen molar-refractivity contribution in [1.29, 1.82) is 0 Å². The minimum Gasteiger partial charge on any atom is -0.497 e. The highest BCUT2D eigenvalue weighted by atomic mass is 35.5. The van der Waals surface area contributed by atoms with Crippen molar-refractivity contribution in [2.75, 3.05) is 44.7 Å². The molecule has 1 aliphatic heterocycles. The maximum atomic E-state index is 5.54. The van der Waals surface area contributed by atoms with Crippen LogP contribution in [0, 0.1) is 5.41 Å². The third-order valence-corrected chi connectivity index (χ3v) is 6.27. The summed E-state index contributed by atoms with van der Waals surface area (Å²) >= 11 is 0. The van der Waals surface area contributed by atoms with Crippen molar-refractivity contribution in [3.63, 3.8) is 0 Å². The lowest BCUT2D eigenvalue weighted by atomic mass is 9.71. The van der Waals surface area contributed by atoms with E-state index in [-0.39, 0.29) is 12.4 Å². The van der Waals surface area contributed by atoms with E-state index >= 15 is 0 Å². The van der Waals surface area contributed by atoms with E-state index in [1.54, 1.807) is 12.7 Å². The summed E-state index contributed by atoms with van der Waals surface area (Å²) in [5.74, 6) is 1.70. The lowest BCUT2D eigenvalue weighted by Gasteiger charge is -2.40. The van der Waals surface area contributed by atoms with Crippen LogP contribution in [0.5, 0.6) is 5.75 Å². The molecule has 2 aliphatic rings. The van der Waals surface area contributed by atoms with Gasteiger partial charge in [0.05, 0.1) is 7.11 Å². The Morgan fingerprint density at radius 1 is 1.08 bits per heavy atom. The van der Waals surface area contributed by atoms with Crippen LogP contribution in [-0.2, 0) is 0 Å². The number of hydrogen-bond donors (Lipinski definition) is 0. The third-order valence-electron chi connectivity index (χ3n) is 6.27. The predicted molar refractivity (Wildman–Crippen MR) is 114 cm³/mol. The van der Waals surface area contributed by atoms with Crippen LogP contribution < -0.4 is 9.64 Å². The van der Waals surface area contributed by atoms with E-state index in [0.29, 0.717) is 11.3 Å². The SMILES string of the molecule is CCCN1CCN(c2cc(OC)ccc2C2CCC(C)(C)CC2)CC1.Cl. The van der Waals surface area contributed by atoms with E-state index in [1.165, 1.54) is 57.4 Å². The first kappa shape index (κ1) is 21.4. The molecule has 0 N–H and O–H groups in total. The van der Waals surface area contributed by atoms with Gasteiger partial charge in [0.2, 0.25) is 0 Å². The van der Waals surface area contributed by atoms with E-state index in [1.807, 2.05) is 0 Å². The molecule has 1 aromatic rings. The van der Waals surface area contributed by atoms with Gasteiger partial charge in [-0.3, -0.25) is 4.90 Å². The maximum Gasteiger partial charge on any atom is 0.120 e. The molecule has 0 atom stereocenters. The van der Waals surface area contributed by atoms with Crippen LogP contribution in [0.3, 0.4) is 0 Å². The molecule has 2 fully saturated rings. The molecular formula is C22H37ClN2O. The molecule has 0 unspecified atom stereocenters. The first-order valence-electron chi connectivity index (χ1n) is 10.2. The minimum absolute atomic E-state index is 0. The van der Waals surface area contributed by atoms with E-state index < -0.39 is 0 Å². The van der Waals surface area contributed by atoms with Crippen LogP contribution >= 0.6 is 12.4 Å². The van der Waals surface area contributed by atoms with Crippen molar-refractivity contribution in [3.05, 3.63) is 23.8 Å². The van der Waals surface area contributed by atoms with E-state index in [9.17, 15) is 0 Å². The molecule has 148 valence electrons. The normalized spacial score (nSPS) is 21.3. The summed E-state index contributed by atoms with van der Waals surface area (Å²) in [5, 5.41) is 0. The summed E-state index contributed by atoms with van der Waals surface area (Å²) in [7, 11) is 1.78. The van der Waals surface area contributed by atoms with Gasteiger partial charge in [-0.25, -0.2) is 0 Å².